The summed E-state index contributed by atoms with van der Waals surface area (Å²) >= 11 is 6.57. The van der Waals surface area contributed by atoms with Crippen LogP contribution in [-0.4, -0.2) is 52.9 Å². The molecule has 0 radical (unpaired) electrons. The average Bonchev–Trinajstić information content (AvgIpc) is 3.32. The molecule has 0 fully saturated rings. The highest BCUT2D eigenvalue weighted by molar-refractivity contribution is 6.31. The van der Waals surface area contributed by atoms with Crippen LogP contribution in [0.1, 0.15) is 41.5 Å². The van der Waals surface area contributed by atoms with Gasteiger partial charge in [0.1, 0.15) is 12.3 Å². The van der Waals surface area contributed by atoms with Gasteiger partial charge in [-0.15, -0.1) is 0 Å². The Morgan fingerprint density at radius 3 is 2.62 bits per heavy atom. The molecule has 1 aromatic heterocycles. The number of methoxy groups -OCH3 is 1. The first-order valence-electron chi connectivity index (χ1n) is 11.5. The topological polar surface area (TPSA) is 54.8 Å². The van der Waals surface area contributed by atoms with Crippen molar-refractivity contribution in [2.24, 2.45) is 5.92 Å². The fourth-order valence-corrected chi connectivity index (χ4v) is 4.77. The van der Waals surface area contributed by atoms with Crippen molar-refractivity contribution in [3.8, 4) is 5.75 Å². The lowest BCUT2D eigenvalue weighted by Gasteiger charge is -2.39. The van der Waals surface area contributed by atoms with Gasteiger partial charge in [0.15, 0.2) is 0 Å². The van der Waals surface area contributed by atoms with E-state index in [2.05, 4.69) is 4.57 Å². The zero-order valence-corrected chi connectivity index (χ0v) is 20.5. The maximum absolute atomic E-state index is 13.7. The Balaban J connectivity index is 1.63. The molecule has 6 nitrogen and oxygen atoms in total. The number of rotatable bonds is 7. The lowest BCUT2D eigenvalue weighted by molar-refractivity contribution is -0.134. The van der Waals surface area contributed by atoms with Gasteiger partial charge in [0.25, 0.3) is 5.91 Å². The van der Waals surface area contributed by atoms with Crippen molar-refractivity contribution in [1.82, 2.24) is 14.4 Å². The summed E-state index contributed by atoms with van der Waals surface area (Å²) in [7, 11) is 1.57. The van der Waals surface area contributed by atoms with Crippen molar-refractivity contribution in [2.75, 3.05) is 26.7 Å². The Morgan fingerprint density at radius 2 is 1.88 bits per heavy atom. The van der Waals surface area contributed by atoms with Gasteiger partial charge < -0.3 is 19.1 Å². The van der Waals surface area contributed by atoms with E-state index in [1.54, 1.807) is 36.3 Å². The summed E-state index contributed by atoms with van der Waals surface area (Å²) in [6.07, 6.45) is 2.03. The smallest absolute Gasteiger partial charge is 0.254 e. The first kappa shape index (κ1) is 23.9. The van der Waals surface area contributed by atoms with Crippen molar-refractivity contribution >= 4 is 23.4 Å². The molecule has 2 heterocycles. The lowest BCUT2D eigenvalue weighted by Crippen LogP contribution is -2.48. The van der Waals surface area contributed by atoms with Crippen LogP contribution < -0.4 is 4.74 Å². The molecule has 7 heteroatoms. The second-order valence-electron chi connectivity index (χ2n) is 8.95. The molecule has 0 N–H and O–H groups in total. The Hall–Kier alpha value is -3.25. The zero-order chi connectivity index (χ0) is 24.2. The van der Waals surface area contributed by atoms with Gasteiger partial charge in [-0.25, -0.2) is 0 Å². The van der Waals surface area contributed by atoms with E-state index in [0.29, 0.717) is 36.0 Å². The molecule has 1 unspecified atom stereocenters. The van der Waals surface area contributed by atoms with E-state index >= 15 is 0 Å². The van der Waals surface area contributed by atoms with Crippen molar-refractivity contribution in [2.45, 2.75) is 26.4 Å². The highest BCUT2D eigenvalue weighted by Crippen LogP contribution is 2.36. The van der Waals surface area contributed by atoms with Crippen LogP contribution in [0.5, 0.6) is 5.75 Å². The second kappa shape index (κ2) is 10.3. The zero-order valence-electron chi connectivity index (χ0n) is 19.8. The van der Waals surface area contributed by atoms with Gasteiger partial charge in [0.05, 0.1) is 13.2 Å². The first-order valence-corrected chi connectivity index (χ1v) is 11.9. The molecule has 0 aliphatic carbocycles. The number of aromatic nitrogens is 1. The molecule has 0 saturated carbocycles. The average molecular weight is 480 g/mol. The molecule has 4 rings (SSSR count). The van der Waals surface area contributed by atoms with Crippen molar-refractivity contribution in [3.05, 3.63) is 88.7 Å². The van der Waals surface area contributed by atoms with Gasteiger partial charge in [-0.1, -0.05) is 49.7 Å². The third-order valence-electron chi connectivity index (χ3n) is 6.07. The van der Waals surface area contributed by atoms with Crippen molar-refractivity contribution in [1.29, 1.82) is 0 Å². The minimum Gasteiger partial charge on any atom is -0.497 e. The van der Waals surface area contributed by atoms with E-state index in [1.807, 2.05) is 61.3 Å². The fourth-order valence-electron chi connectivity index (χ4n) is 4.53. The van der Waals surface area contributed by atoms with Crippen LogP contribution in [0.2, 0.25) is 5.02 Å². The first-order chi connectivity index (χ1) is 16.4. The Labute approximate surface area is 205 Å². The quantitative estimate of drug-likeness (QED) is 0.485. The SMILES string of the molecule is COc1cccc(C(=O)N(CC(=O)N2CCn3cccc3C2c2ccccc2Cl)CC(C)C)c1. The second-order valence-corrected chi connectivity index (χ2v) is 9.36. The molecule has 0 bridgehead atoms. The Kier molecular flexibility index (Phi) is 7.27. The highest BCUT2D eigenvalue weighted by atomic mass is 35.5. The number of halogens is 1. The van der Waals surface area contributed by atoms with E-state index < -0.39 is 0 Å². The van der Waals surface area contributed by atoms with Crippen LogP contribution in [0.3, 0.4) is 0 Å². The van der Waals surface area contributed by atoms with Gasteiger partial charge in [0, 0.05) is 42.1 Å². The number of fused-ring (bicyclic) bond motifs is 1. The van der Waals surface area contributed by atoms with E-state index in [9.17, 15) is 9.59 Å². The molecule has 3 aromatic rings. The van der Waals surface area contributed by atoms with Crippen LogP contribution in [0, 0.1) is 5.92 Å². The molecule has 0 saturated heterocycles. The summed E-state index contributed by atoms with van der Waals surface area (Å²) < 4.78 is 7.44. The standard InChI is InChI=1S/C27H30ClN3O3/c1-19(2)17-30(27(33)20-8-6-9-21(16-20)34-3)18-25(32)31-15-14-29-13-7-12-24(29)26(31)22-10-4-5-11-23(22)28/h4-13,16,19,26H,14-15,17-18H2,1-3H3. The lowest BCUT2D eigenvalue weighted by atomic mass is 9.99. The number of ether oxygens (including phenoxy) is 1. The summed E-state index contributed by atoms with van der Waals surface area (Å²) in [6.45, 7) is 5.79. The molecule has 34 heavy (non-hydrogen) atoms. The Bertz CT molecular complexity index is 1170. The normalized spacial score (nSPS) is 15.2. The number of nitrogens with zero attached hydrogens (tertiary/aromatic N) is 3. The molecular formula is C27H30ClN3O3. The molecule has 2 aromatic carbocycles. The maximum Gasteiger partial charge on any atom is 0.254 e. The van der Waals surface area contributed by atoms with Crippen LogP contribution in [0.15, 0.2) is 66.9 Å². The van der Waals surface area contributed by atoms with Crippen LogP contribution >= 0.6 is 11.6 Å². The number of amides is 2. The van der Waals surface area contributed by atoms with Crippen molar-refractivity contribution < 1.29 is 14.3 Å². The fraction of sp³-hybridized carbons (Fsp3) is 0.333. The summed E-state index contributed by atoms with van der Waals surface area (Å²) in [6, 6.07) is 18.4. The van der Waals surface area contributed by atoms with Crippen LogP contribution in [0.25, 0.3) is 0 Å². The number of hydrogen-bond donors (Lipinski definition) is 0. The minimum absolute atomic E-state index is 0.00408. The molecule has 1 aliphatic rings. The molecule has 1 aliphatic heterocycles. The summed E-state index contributed by atoms with van der Waals surface area (Å²) in [5.41, 5.74) is 2.40. The molecule has 178 valence electrons. The predicted molar refractivity (Wildman–Crippen MR) is 133 cm³/mol. The van der Waals surface area contributed by atoms with Crippen molar-refractivity contribution in [3.63, 3.8) is 0 Å². The Morgan fingerprint density at radius 1 is 1.09 bits per heavy atom. The summed E-state index contributed by atoms with van der Waals surface area (Å²) in [5.74, 6) is 0.530. The van der Waals surface area contributed by atoms with Gasteiger partial charge in [-0.3, -0.25) is 9.59 Å². The van der Waals surface area contributed by atoms with Gasteiger partial charge in [-0.05, 0) is 47.9 Å². The van der Waals surface area contributed by atoms with Gasteiger partial charge in [0.2, 0.25) is 5.91 Å². The van der Waals surface area contributed by atoms with E-state index in [0.717, 1.165) is 11.3 Å². The third-order valence-corrected chi connectivity index (χ3v) is 6.42. The summed E-state index contributed by atoms with van der Waals surface area (Å²) in [4.78, 5) is 30.6. The summed E-state index contributed by atoms with van der Waals surface area (Å²) in [5, 5.41) is 0.617. The minimum atomic E-state index is -0.308. The number of hydrogen-bond acceptors (Lipinski definition) is 3. The maximum atomic E-state index is 13.7. The molecular weight excluding hydrogens is 450 g/mol. The third kappa shape index (κ3) is 4.97. The van der Waals surface area contributed by atoms with Crippen LogP contribution in [-0.2, 0) is 11.3 Å². The largest absolute Gasteiger partial charge is 0.497 e. The van der Waals surface area contributed by atoms with Gasteiger partial charge >= 0.3 is 0 Å². The molecule has 0 spiro atoms. The molecule has 2 amide bonds. The van der Waals surface area contributed by atoms with Gasteiger partial charge in [-0.2, -0.15) is 0 Å². The number of carbonyl (C=O) groups excluding carboxylic acids is 2. The monoisotopic (exact) mass is 479 g/mol. The number of benzene rings is 2. The number of carbonyl (C=O) groups is 2. The van der Waals surface area contributed by atoms with E-state index in [1.165, 1.54) is 0 Å². The molecule has 1 atom stereocenters. The highest BCUT2D eigenvalue weighted by Gasteiger charge is 2.34. The van der Waals surface area contributed by atoms with Crippen LogP contribution in [0.4, 0.5) is 0 Å². The van der Waals surface area contributed by atoms with E-state index in [-0.39, 0.29) is 30.3 Å². The predicted octanol–water partition coefficient (Wildman–Crippen LogP) is 4.88. The van der Waals surface area contributed by atoms with E-state index in [4.69, 9.17) is 16.3 Å².